The van der Waals surface area contributed by atoms with Crippen molar-refractivity contribution in [1.82, 2.24) is 0 Å². The van der Waals surface area contributed by atoms with E-state index in [4.69, 9.17) is 9.47 Å². The molecule has 1 aromatic carbocycles. The van der Waals surface area contributed by atoms with E-state index in [9.17, 15) is 4.79 Å². The smallest absolute Gasteiger partial charge is 0.160 e. The fourth-order valence-corrected chi connectivity index (χ4v) is 1.86. The Morgan fingerprint density at radius 3 is 2.82 bits per heavy atom. The number of carbonyl (C=O) groups excluding carboxylic acids is 1. The zero-order chi connectivity index (χ0) is 12.5. The van der Waals surface area contributed by atoms with Crippen LogP contribution in [0.4, 0.5) is 0 Å². The topological polar surface area (TPSA) is 35.5 Å². The molecular weight excluding hydrogens is 216 g/mol. The third kappa shape index (κ3) is 2.18. The lowest BCUT2D eigenvalue weighted by molar-refractivity contribution is 0.0612. The van der Waals surface area contributed by atoms with E-state index >= 15 is 0 Å². The van der Waals surface area contributed by atoms with Gasteiger partial charge in [0.15, 0.2) is 5.60 Å². The molecule has 0 bridgehead atoms. The number of aldehydes is 1. The second-order valence-electron chi connectivity index (χ2n) is 4.47. The second kappa shape index (κ2) is 4.24. The van der Waals surface area contributed by atoms with E-state index in [0.717, 1.165) is 23.4 Å². The third-order valence-corrected chi connectivity index (χ3v) is 2.71. The first kappa shape index (κ1) is 11.7. The molecule has 90 valence electrons. The summed E-state index contributed by atoms with van der Waals surface area (Å²) in [5.41, 5.74) is 1.06. The number of benzene rings is 1. The lowest BCUT2D eigenvalue weighted by Crippen LogP contribution is -2.34. The van der Waals surface area contributed by atoms with E-state index in [0.29, 0.717) is 12.2 Å². The molecule has 0 atom stereocenters. The molecule has 0 radical (unpaired) electrons. The molecular formula is C14H16O3. The molecule has 0 aliphatic carbocycles. The number of ether oxygens (including phenoxy) is 2. The largest absolute Gasteiger partial charge is 0.494 e. The molecule has 0 unspecified atom stereocenters. The lowest BCUT2D eigenvalue weighted by atomic mass is 9.98. The molecule has 1 heterocycles. The van der Waals surface area contributed by atoms with Gasteiger partial charge in [0.1, 0.15) is 17.8 Å². The maximum absolute atomic E-state index is 10.7. The summed E-state index contributed by atoms with van der Waals surface area (Å²) in [5.74, 6) is 1.57. The Kier molecular flexibility index (Phi) is 2.92. The summed E-state index contributed by atoms with van der Waals surface area (Å²) in [6.07, 6.45) is 2.77. The molecule has 3 heteroatoms. The van der Waals surface area contributed by atoms with Gasteiger partial charge in [-0.25, -0.2) is 0 Å². The molecule has 17 heavy (non-hydrogen) atoms. The Bertz CT molecular complexity index is 472. The molecule has 0 fully saturated rings. The van der Waals surface area contributed by atoms with Crippen molar-refractivity contribution in [2.45, 2.75) is 26.4 Å². The standard InChI is InChI=1S/C14H16O3/c1-4-16-13-8-11-7-10(9-15)5-6-12(11)17-14(13,2)3/h5-9H,4H2,1-3H3. The quantitative estimate of drug-likeness (QED) is 0.751. The fraction of sp³-hybridized carbons (Fsp3) is 0.357. The van der Waals surface area contributed by atoms with Crippen molar-refractivity contribution in [2.24, 2.45) is 0 Å². The number of hydrogen-bond donors (Lipinski definition) is 0. The predicted octanol–water partition coefficient (Wildman–Crippen LogP) is 3.05. The van der Waals surface area contributed by atoms with Crippen LogP contribution in [0.2, 0.25) is 0 Å². The van der Waals surface area contributed by atoms with E-state index in [-0.39, 0.29) is 0 Å². The molecule has 1 aliphatic rings. The van der Waals surface area contributed by atoms with E-state index in [2.05, 4.69) is 0 Å². The highest BCUT2D eigenvalue weighted by molar-refractivity contribution is 5.78. The van der Waals surface area contributed by atoms with Crippen LogP contribution in [-0.2, 0) is 4.74 Å². The van der Waals surface area contributed by atoms with Crippen LogP contribution in [-0.4, -0.2) is 18.5 Å². The van der Waals surface area contributed by atoms with Gasteiger partial charge in [0.25, 0.3) is 0 Å². The number of rotatable bonds is 3. The van der Waals surface area contributed by atoms with Crippen LogP contribution < -0.4 is 4.74 Å². The first-order chi connectivity index (χ1) is 8.06. The molecule has 2 rings (SSSR count). The van der Waals surface area contributed by atoms with Crippen LogP contribution in [0.1, 0.15) is 36.7 Å². The normalized spacial score (nSPS) is 16.5. The summed E-state index contributed by atoms with van der Waals surface area (Å²) < 4.78 is 11.5. The van der Waals surface area contributed by atoms with Crippen LogP contribution >= 0.6 is 0 Å². The average molecular weight is 232 g/mol. The minimum absolute atomic E-state index is 0.467. The molecule has 3 nitrogen and oxygen atoms in total. The molecule has 0 spiro atoms. The van der Waals surface area contributed by atoms with Gasteiger partial charge in [-0.05, 0) is 45.0 Å². The van der Waals surface area contributed by atoms with E-state index in [1.54, 1.807) is 12.1 Å². The zero-order valence-electron chi connectivity index (χ0n) is 10.3. The van der Waals surface area contributed by atoms with Crippen LogP contribution in [0, 0.1) is 0 Å². The van der Waals surface area contributed by atoms with Crippen molar-refractivity contribution >= 4 is 12.4 Å². The monoisotopic (exact) mass is 232 g/mol. The summed E-state index contributed by atoms with van der Waals surface area (Å²) >= 11 is 0. The van der Waals surface area contributed by atoms with Crippen molar-refractivity contribution < 1.29 is 14.3 Å². The van der Waals surface area contributed by atoms with Crippen molar-refractivity contribution in [2.75, 3.05) is 6.61 Å². The van der Waals surface area contributed by atoms with Crippen molar-refractivity contribution in [3.8, 4) is 5.75 Å². The third-order valence-electron chi connectivity index (χ3n) is 2.71. The minimum Gasteiger partial charge on any atom is -0.494 e. The fourth-order valence-electron chi connectivity index (χ4n) is 1.86. The maximum Gasteiger partial charge on any atom is 0.160 e. The molecule has 1 aliphatic heterocycles. The maximum atomic E-state index is 10.7. The van der Waals surface area contributed by atoms with Crippen LogP contribution in [0.5, 0.6) is 5.75 Å². The highest BCUT2D eigenvalue weighted by atomic mass is 16.5. The Balaban J connectivity index is 2.46. The van der Waals surface area contributed by atoms with Gasteiger partial charge in [-0.2, -0.15) is 0 Å². The summed E-state index contributed by atoms with van der Waals surface area (Å²) in [4.78, 5) is 10.7. The minimum atomic E-state index is -0.467. The molecule has 0 saturated carbocycles. The van der Waals surface area contributed by atoms with Gasteiger partial charge >= 0.3 is 0 Å². The average Bonchev–Trinajstić information content (AvgIpc) is 2.29. The van der Waals surface area contributed by atoms with Gasteiger partial charge in [0, 0.05) is 11.1 Å². The van der Waals surface area contributed by atoms with Crippen molar-refractivity contribution in [3.05, 3.63) is 35.1 Å². The number of fused-ring (bicyclic) bond motifs is 1. The Hall–Kier alpha value is -1.77. The van der Waals surface area contributed by atoms with Gasteiger partial charge in [-0.15, -0.1) is 0 Å². The van der Waals surface area contributed by atoms with E-state index in [1.165, 1.54) is 0 Å². The van der Waals surface area contributed by atoms with Crippen LogP contribution in [0.25, 0.3) is 6.08 Å². The predicted molar refractivity (Wildman–Crippen MR) is 66.1 cm³/mol. The first-order valence-electron chi connectivity index (χ1n) is 5.70. The van der Waals surface area contributed by atoms with Gasteiger partial charge in [-0.1, -0.05) is 0 Å². The van der Waals surface area contributed by atoms with Gasteiger partial charge in [0.2, 0.25) is 0 Å². The Morgan fingerprint density at radius 2 is 2.18 bits per heavy atom. The molecule has 0 amide bonds. The molecule has 0 N–H and O–H groups in total. The van der Waals surface area contributed by atoms with Gasteiger partial charge in [0.05, 0.1) is 6.61 Å². The Labute approximate surface area is 101 Å². The summed E-state index contributed by atoms with van der Waals surface area (Å²) in [6, 6.07) is 5.37. The van der Waals surface area contributed by atoms with Crippen LogP contribution in [0.15, 0.2) is 24.0 Å². The van der Waals surface area contributed by atoms with Gasteiger partial charge < -0.3 is 9.47 Å². The lowest BCUT2D eigenvalue weighted by Gasteiger charge is -2.33. The highest BCUT2D eigenvalue weighted by Crippen LogP contribution is 2.36. The SMILES string of the molecule is CCOC1=Cc2cc(C=O)ccc2OC1(C)C. The molecule has 0 aromatic heterocycles. The number of carbonyl (C=O) groups is 1. The molecule has 0 saturated heterocycles. The Morgan fingerprint density at radius 1 is 1.41 bits per heavy atom. The first-order valence-corrected chi connectivity index (χ1v) is 5.70. The van der Waals surface area contributed by atoms with Crippen LogP contribution in [0.3, 0.4) is 0 Å². The van der Waals surface area contributed by atoms with E-state index < -0.39 is 5.60 Å². The summed E-state index contributed by atoms with van der Waals surface area (Å²) in [6.45, 7) is 6.46. The summed E-state index contributed by atoms with van der Waals surface area (Å²) in [7, 11) is 0. The highest BCUT2D eigenvalue weighted by Gasteiger charge is 2.31. The van der Waals surface area contributed by atoms with Crippen molar-refractivity contribution in [3.63, 3.8) is 0 Å². The zero-order valence-corrected chi connectivity index (χ0v) is 10.3. The summed E-state index contributed by atoms with van der Waals surface area (Å²) in [5, 5.41) is 0. The second-order valence-corrected chi connectivity index (χ2v) is 4.47. The number of hydrogen-bond acceptors (Lipinski definition) is 3. The van der Waals surface area contributed by atoms with Crippen molar-refractivity contribution in [1.29, 1.82) is 0 Å². The van der Waals surface area contributed by atoms with Gasteiger partial charge in [-0.3, -0.25) is 4.79 Å². The van der Waals surface area contributed by atoms with E-state index in [1.807, 2.05) is 32.9 Å². The molecule has 1 aromatic rings.